The first-order chi connectivity index (χ1) is 11.1. The van der Waals surface area contributed by atoms with E-state index in [0.717, 1.165) is 16.1 Å². The molecule has 2 N–H and O–H groups in total. The molecule has 8 heteroatoms. The molecule has 0 spiro atoms. The number of nitro groups is 1. The monoisotopic (exact) mass is 326 g/mol. The molecule has 1 aliphatic rings. The van der Waals surface area contributed by atoms with E-state index in [-0.39, 0.29) is 11.6 Å². The van der Waals surface area contributed by atoms with Crippen molar-refractivity contribution in [3.05, 3.63) is 68.7 Å². The van der Waals surface area contributed by atoms with Crippen LogP contribution in [-0.4, -0.2) is 21.0 Å². The van der Waals surface area contributed by atoms with Crippen molar-refractivity contribution in [2.75, 3.05) is 0 Å². The van der Waals surface area contributed by atoms with Gasteiger partial charge < -0.3 is 5.32 Å². The third kappa shape index (κ3) is 2.11. The molecule has 3 aromatic rings. The van der Waals surface area contributed by atoms with Gasteiger partial charge in [-0.15, -0.1) is 11.3 Å². The van der Waals surface area contributed by atoms with Crippen LogP contribution in [0.4, 0.5) is 5.69 Å². The van der Waals surface area contributed by atoms with E-state index in [1.807, 2.05) is 17.5 Å². The van der Waals surface area contributed by atoms with Gasteiger partial charge in [0.2, 0.25) is 0 Å². The van der Waals surface area contributed by atoms with Crippen LogP contribution in [-0.2, 0) is 0 Å². The number of hydrogen-bond acceptors (Lipinski definition) is 5. The van der Waals surface area contributed by atoms with Gasteiger partial charge in [-0.25, -0.2) is 0 Å². The third-order valence-electron chi connectivity index (χ3n) is 3.77. The smallest absolute Gasteiger partial charge is 0.272 e. The number of carbonyl (C=O) groups excluding carboxylic acids is 1. The molecule has 1 aromatic carbocycles. The SMILES string of the molecule is O=C1N[C@@H](c2cccc([N+](=O)[O-])c2)c2c1n[nH]c2-c1cccs1. The number of non-ortho nitro benzene ring substituents is 1. The lowest BCUT2D eigenvalue weighted by atomic mass is 9.99. The first kappa shape index (κ1) is 13.6. The number of carbonyl (C=O) groups is 1. The average Bonchev–Trinajstić information content (AvgIpc) is 3.25. The third-order valence-corrected chi connectivity index (χ3v) is 4.65. The van der Waals surface area contributed by atoms with Crippen LogP contribution in [0.15, 0.2) is 41.8 Å². The maximum atomic E-state index is 12.1. The number of fused-ring (bicyclic) bond motifs is 1. The van der Waals surface area contributed by atoms with Crippen molar-refractivity contribution in [3.8, 4) is 10.6 Å². The van der Waals surface area contributed by atoms with E-state index >= 15 is 0 Å². The summed E-state index contributed by atoms with van der Waals surface area (Å²) in [6.07, 6.45) is 0. The molecule has 3 heterocycles. The zero-order chi connectivity index (χ0) is 16.0. The minimum Gasteiger partial charge on any atom is -0.340 e. The molecular weight excluding hydrogens is 316 g/mol. The van der Waals surface area contributed by atoms with E-state index in [0.29, 0.717) is 11.3 Å². The fourth-order valence-corrected chi connectivity index (χ4v) is 3.49. The highest BCUT2D eigenvalue weighted by Crippen LogP contribution is 2.38. The number of nitrogens with one attached hydrogen (secondary N) is 2. The minimum absolute atomic E-state index is 0.00799. The zero-order valence-corrected chi connectivity index (χ0v) is 12.5. The van der Waals surface area contributed by atoms with Crippen molar-refractivity contribution in [1.82, 2.24) is 15.5 Å². The first-order valence-electron chi connectivity index (χ1n) is 6.82. The van der Waals surface area contributed by atoms with E-state index in [9.17, 15) is 14.9 Å². The van der Waals surface area contributed by atoms with Crippen LogP contribution < -0.4 is 5.32 Å². The maximum absolute atomic E-state index is 12.1. The summed E-state index contributed by atoms with van der Waals surface area (Å²) in [6, 6.07) is 9.68. The largest absolute Gasteiger partial charge is 0.340 e. The van der Waals surface area contributed by atoms with Crippen LogP contribution in [0.3, 0.4) is 0 Å². The summed E-state index contributed by atoms with van der Waals surface area (Å²) in [5.74, 6) is -0.282. The number of hydrogen-bond donors (Lipinski definition) is 2. The van der Waals surface area contributed by atoms with E-state index < -0.39 is 11.0 Å². The van der Waals surface area contributed by atoms with Crippen molar-refractivity contribution in [2.45, 2.75) is 6.04 Å². The highest BCUT2D eigenvalue weighted by atomic mass is 32.1. The van der Waals surface area contributed by atoms with E-state index in [1.54, 1.807) is 12.1 Å². The second-order valence-electron chi connectivity index (χ2n) is 5.10. The Morgan fingerprint density at radius 2 is 2.13 bits per heavy atom. The van der Waals surface area contributed by atoms with Crippen LogP contribution in [0.1, 0.15) is 27.7 Å². The van der Waals surface area contributed by atoms with Crippen molar-refractivity contribution in [3.63, 3.8) is 0 Å². The Labute approximate surface area is 134 Å². The van der Waals surface area contributed by atoms with Gasteiger partial charge in [-0.05, 0) is 17.0 Å². The van der Waals surface area contributed by atoms with Gasteiger partial charge in [-0.2, -0.15) is 5.10 Å². The second kappa shape index (κ2) is 5.03. The highest BCUT2D eigenvalue weighted by molar-refractivity contribution is 7.13. The Morgan fingerprint density at radius 3 is 2.87 bits per heavy atom. The molecule has 0 saturated heterocycles. The van der Waals surface area contributed by atoms with Gasteiger partial charge in [0.05, 0.1) is 21.5 Å². The topological polar surface area (TPSA) is 101 Å². The molecule has 23 heavy (non-hydrogen) atoms. The number of amides is 1. The molecule has 7 nitrogen and oxygen atoms in total. The second-order valence-corrected chi connectivity index (χ2v) is 6.04. The number of H-pyrrole nitrogens is 1. The molecule has 114 valence electrons. The molecule has 1 amide bonds. The van der Waals surface area contributed by atoms with Crippen LogP contribution in [0, 0.1) is 10.1 Å². The lowest BCUT2D eigenvalue weighted by molar-refractivity contribution is -0.384. The molecule has 1 atom stereocenters. The number of nitro benzene ring substituents is 1. The molecule has 0 saturated carbocycles. The van der Waals surface area contributed by atoms with Gasteiger partial charge in [0.15, 0.2) is 5.69 Å². The van der Waals surface area contributed by atoms with Crippen LogP contribution >= 0.6 is 11.3 Å². The molecule has 1 aliphatic heterocycles. The van der Waals surface area contributed by atoms with E-state index in [4.69, 9.17) is 0 Å². The van der Waals surface area contributed by atoms with E-state index in [2.05, 4.69) is 15.5 Å². The van der Waals surface area contributed by atoms with Gasteiger partial charge in [0, 0.05) is 17.7 Å². The van der Waals surface area contributed by atoms with Crippen LogP contribution in [0.5, 0.6) is 0 Å². The summed E-state index contributed by atoms with van der Waals surface area (Å²) in [5, 5.41) is 22.8. The Balaban J connectivity index is 1.85. The van der Waals surface area contributed by atoms with Gasteiger partial charge in [-0.1, -0.05) is 18.2 Å². The Hall–Kier alpha value is -3.00. The molecule has 0 fully saturated rings. The van der Waals surface area contributed by atoms with Crippen molar-refractivity contribution in [2.24, 2.45) is 0 Å². The number of aromatic nitrogens is 2. The fraction of sp³-hybridized carbons (Fsp3) is 0.0667. The standard InChI is InChI=1S/C15H10N4O3S/c20-15-14-11(13(17-18-14)10-5-2-6-23-10)12(16-15)8-3-1-4-9(7-8)19(21)22/h1-7,12H,(H,16,20)(H,17,18)/t12-/m0/s1. The first-order valence-corrected chi connectivity index (χ1v) is 7.70. The quantitative estimate of drug-likeness (QED) is 0.571. The molecule has 0 aliphatic carbocycles. The van der Waals surface area contributed by atoms with Crippen molar-refractivity contribution < 1.29 is 9.72 Å². The van der Waals surface area contributed by atoms with Gasteiger partial charge in [0.1, 0.15) is 0 Å². The predicted octanol–water partition coefficient (Wildman–Crippen LogP) is 2.88. The summed E-state index contributed by atoms with van der Waals surface area (Å²) in [5.41, 5.74) is 2.49. The molecule has 0 unspecified atom stereocenters. The summed E-state index contributed by atoms with van der Waals surface area (Å²) in [6.45, 7) is 0. The summed E-state index contributed by atoms with van der Waals surface area (Å²) in [7, 11) is 0. The summed E-state index contributed by atoms with van der Waals surface area (Å²) < 4.78 is 0. The maximum Gasteiger partial charge on any atom is 0.272 e. The Kier molecular flexibility index (Phi) is 2.98. The molecular formula is C15H10N4O3S. The lowest BCUT2D eigenvalue weighted by Crippen LogP contribution is -2.21. The van der Waals surface area contributed by atoms with Crippen LogP contribution in [0.25, 0.3) is 10.6 Å². The van der Waals surface area contributed by atoms with Gasteiger partial charge in [0.25, 0.3) is 11.6 Å². The average molecular weight is 326 g/mol. The molecule has 2 aromatic heterocycles. The van der Waals surface area contributed by atoms with Crippen molar-refractivity contribution >= 4 is 22.9 Å². The molecule has 4 rings (SSSR count). The van der Waals surface area contributed by atoms with E-state index in [1.165, 1.54) is 23.5 Å². The predicted molar refractivity (Wildman–Crippen MR) is 84.3 cm³/mol. The normalized spacial score (nSPS) is 16.2. The fourth-order valence-electron chi connectivity index (χ4n) is 2.75. The summed E-state index contributed by atoms with van der Waals surface area (Å²) in [4.78, 5) is 23.6. The highest BCUT2D eigenvalue weighted by Gasteiger charge is 2.36. The zero-order valence-electron chi connectivity index (χ0n) is 11.6. The Morgan fingerprint density at radius 1 is 1.26 bits per heavy atom. The number of thiophene rings is 1. The summed E-state index contributed by atoms with van der Waals surface area (Å²) >= 11 is 1.53. The van der Waals surface area contributed by atoms with Crippen LogP contribution in [0.2, 0.25) is 0 Å². The number of benzene rings is 1. The molecule has 0 bridgehead atoms. The van der Waals surface area contributed by atoms with Crippen molar-refractivity contribution in [1.29, 1.82) is 0 Å². The number of rotatable bonds is 3. The van der Waals surface area contributed by atoms with Gasteiger partial charge in [-0.3, -0.25) is 20.0 Å². The molecule has 0 radical (unpaired) electrons. The lowest BCUT2D eigenvalue weighted by Gasteiger charge is -2.12. The minimum atomic E-state index is -0.451. The van der Waals surface area contributed by atoms with Gasteiger partial charge >= 0.3 is 0 Å². The Bertz CT molecular complexity index is 917. The number of aromatic amines is 1. The number of nitrogens with zero attached hydrogens (tertiary/aromatic N) is 2.